The van der Waals surface area contributed by atoms with E-state index in [-0.39, 0.29) is 47.5 Å². The summed E-state index contributed by atoms with van der Waals surface area (Å²) in [7, 11) is 0. The molecule has 0 bridgehead atoms. The molecule has 0 aliphatic heterocycles. The Morgan fingerprint density at radius 3 is 1.31 bits per heavy atom. The Morgan fingerprint density at radius 1 is 1.08 bits per heavy atom. The molecule has 0 radical (unpaired) electrons. The number of rotatable bonds is 2. The zero-order valence-corrected chi connectivity index (χ0v) is 8.95. The molecule has 0 aromatic heterocycles. The van der Waals surface area contributed by atoms with E-state index in [1.807, 2.05) is 13.8 Å². The van der Waals surface area contributed by atoms with Crippen LogP contribution in [0, 0.1) is 5.92 Å². The van der Waals surface area contributed by atoms with Crippen molar-refractivity contribution in [2.45, 2.75) is 20.3 Å². The first kappa shape index (κ1) is 53.1. The normalized spacial score (nSPS) is 5.15. The average molecular weight is 242 g/mol. The standard InChI is InChI=1S/C5H10O2.Co.5H2N/c1-4(2)3-5(6)7;;;;;;/h4H,3H2,1-2H3,(H,6,7);;5*1H2/q;+3;5*-1/p+1. The van der Waals surface area contributed by atoms with Crippen molar-refractivity contribution in [3.8, 4) is 0 Å². The first-order valence-electron chi connectivity index (χ1n) is 2.37. The van der Waals surface area contributed by atoms with Gasteiger partial charge in [0, 0.05) is 4.79 Å². The van der Waals surface area contributed by atoms with Crippen molar-refractivity contribution in [1.29, 1.82) is 0 Å². The van der Waals surface area contributed by atoms with Crippen molar-refractivity contribution < 1.29 is 26.7 Å². The van der Waals surface area contributed by atoms with Crippen LogP contribution in [0.25, 0.3) is 30.8 Å². The van der Waals surface area contributed by atoms with E-state index in [0.29, 0.717) is 12.3 Å². The van der Waals surface area contributed by atoms with Gasteiger partial charge in [0.25, 0.3) is 0 Å². The van der Waals surface area contributed by atoms with Crippen LogP contribution in [0.15, 0.2) is 0 Å². The molecule has 12 N–H and O–H groups in total. The third-order valence-electron chi connectivity index (χ3n) is 0.594. The van der Waals surface area contributed by atoms with Crippen LogP contribution in [-0.4, -0.2) is 11.1 Å². The monoisotopic (exact) mass is 242 g/mol. The van der Waals surface area contributed by atoms with Crippen LogP contribution < -0.4 is 0 Å². The minimum atomic E-state index is -0.463. The van der Waals surface area contributed by atoms with Gasteiger partial charge in [-0.1, -0.05) is 13.8 Å². The SMILES string of the molecule is CC(C)CC(=O)[OH2+].[Co+3].[NH2-].[NH2-].[NH2-].[NH2-].[NH2-]. The summed E-state index contributed by atoms with van der Waals surface area (Å²) >= 11 is 0. The second kappa shape index (κ2) is 29.8. The zero-order chi connectivity index (χ0) is 5.86. The van der Waals surface area contributed by atoms with E-state index in [0.717, 1.165) is 0 Å². The predicted octanol–water partition coefficient (Wildman–Crippen LogP) is 3.87. The van der Waals surface area contributed by atoms with E-state index in [4.69, 9.17) is 5.11 Å². The van der Waals surface area contributed by atoms with Crippen molar-refractivity contribution in [2.24, 2.45) is 5.92 Å². The molecule has 0 fully saturated rings. The van der Waals surface area contributed by atoms with Gasteiger partial charge in [0.15, 0.2) is 0 Å². The summed E-state index contributed by atoms with van der Waals surface area (Å²) in [5.41, 5.74) is 0. The topological polar surface area (TPSA) is 207 Å². The van der Waals surface area contributed by atoms with Crippen LogP contribution in [0.1, 0.15) is 20.3 Å². The van der Waals surface area contributed by atoms with Gasteiger partial charge in [-0.25, -0.2) is 0 Å². The van der Waals surface area contributed by atoms with Crippen LogP contribution in [0.5, 0.6) is 0 Å². The molecular formula is C5H21CoN5O2-. The van der Waals surface area contributed by atoms with Crippen molar-refractivity contribution in [3.05, 3.63) is 30.8 Å². The Balaban J connectivity index is -0.0000000120. The third kappa shape index (κ3) is 78.9. The molecule has 0 aliphatic rings. The van der Waals surface area contributed by atoms with Gasteiger partial charge in [-0.2, -0.15) is 0 Å². The molecule has 0 heterocycles. The summed E-state index contributed by atoms with van der Waals surface area (Å²) < 4.78 is 0. The molecule has 0 saturated heterocycles. The van der Waals surface area contributed by atoms with Gasteiger partial charge in [0.2, 0.25) is 0 Å². The molecule has 0 spiro atoms. The molecular weight excluding hydrogens is 221 g/mol. The van der Waals surface area contributed by atoms with Gasteiger partial charge in [-0.3, -0.25) is 0 Å². The quantitative estimate of drug-likeness (QED) is 0.648. The van der Waals surface area contributed by atoms with E-state index < -0.39 is 5.97 Å². The Labute approximate surface area is 90.2 Å². The molecule has 88 valence electrons. The fourth-order valence-electron chi connectivity index (χ4n) is 0.371. The molecule has 0 atom stereocenters. The second-order valence-electron chi connectivity index (χ2n) is 2.02. The summed E-state index contributed by atoms with van der Waals surface area (Å²) in [5.74, 6) is -0.125. The van der Waals surface area contributed by atoms with Gasteiger partial charge in [0.05, 0.1) is 0 Å². The molecule has 13 heavy (non-hydrogen) atoms. The summed E-state index contributed by atoms with van der Waals surface area (Å²) in [4.78, 5) is 9.92. The molecule has 0 saturated carbocycles. The van der Waals surface area contributed by atoms with Crippen molar-refractivity contribution in [3.63, 3.8) is 0 Å². The van der Waals surface area contributed by atoms with Crippen molar-refractivity contribution in [2.75, 3.05) is 0 Å². The molecule has 7 nitrogen and oxygen atoms in total. The molecule has 0 rings (SSSR count). The van der Waals surface area contributed by atoms with Gasteiger partial charge < -0.3 is 35.9 Å². The number of hydrogen-bond donors (Lipinski definition) is 0. The number of carbonyl (C=O) groups is 1. The van der Waals surface area contributed by atoms with Gasteiger partial charge >= 0.3 is 22.7 Å². The van der Waals surface area contributed by atoms with Crippen LogP contribution in [0.2, 0.25) is 0 Å². The maximum atomic E-state index is 9.92. The van der Waals surface area contributed by atoms with E-state index in [2.05, 4.69) is 0 Å². The van der Waals surface area contributed by atoms with Crippen molar-refractivity contribution in [1.82, 2.24) is 0 Å². The molecule has 8 heteroatoms. The summed E-state index contributed by atoms with van der Waals surface area (Å²) in [6, 6.07) is 0. The average Bonchev–Trinajstić information content (AvgIpc) is 1.27. The largest absolute Gasteiger partial charge is 3.00 e. The summed E-state index contributed by atoms with van der Waals surface area (Å²) in [5, 5.41) is 6.47. The predicted molar refractivity (Wildman–Crippen MR) is 54.5 cm³/mol. The first-order chi connectivity index (χ1) is 3.13. The van der Waals surface area contributed by atoms with Gasteiger partial charge in [0.1, 0.15) is 6.42 Å². The van der Waals surface area contributed by atoms with E-state index in [1.54, 1.807) is 0 Å². The van der Waals surface area contributed by atoms with Crippen LogP contribution in [-0.2, 0) is 21.6 Å². The van der Waals surface area contributed by atoms with Crippen molar-refractivity contribution >= 4 is 5.97 Å². The summed E-state index contributed by atoms with van der Waals surface area (Å²) in [6.07, 6.45) is 0.389. The molecule has 0 unspecified atom stereocenters. The Kier molecular flexibility index (Phi) is 122. The number of nitrogens with two attached hydrogens (primary N) is 5. The number of hydrogen-bond acceptors (Lipinski definition) is 1. The molecule has 0 aromatic rings. The van der Waals surface area contributed by atoms with Crippen LogP contribution in [0.3, 0.4) is 0 Å². The zero-order valence-electron chi connectivity index (χ0n) is 7.91. The fraction of sp³-hybridized carbons (Fsp3) is 0.800. The Morgan fingerprint density at radius 2 is 1.31 bits per heavy atom. The van der Waals surface area contributed by atoms with Crippen LogP contribution >= 0.6 is 0 Å². The maximum absolute atomic E-state index is 9.92. The number of carbonyl (C=O) groups excluding carboxylic acids is 1. The van der Waals surface area contributed by atoms with Gasteiger partial charge in [-0.15, -0.1) is 0 Å². The first-order valence-corrected chi connectivity index (χ1v) is 2.37. The minimum Gasteiger partial charge on any atom is -0.693 e. The van der Waals surface area contributed by atoms with Gasteiger partial charge in [-0.05, 0) is 5.92 Å². The third-order valence-corrected chi connectivity index (χ3v) is 0.594. The fourth-order valence-corrected chi connectivity index (χ4v) is 0.371. The summed E-state index contributed by atoms with van der Waals surface area (Å²) in [6.45, 7) is 3.85. The van der Waals surface area contributed by atoms with E-state index in [9.17, 15) is 4.79 Å². The van der Waals surface area contributed by atoms with E-state index >= 15 is 0 Å². The Bertz CT molecular complexity index is 83.3. The molecule has 0 amide bonds. The maximum Gasteiger partial charge on any atom is 3.00 e. The van der Waals surface area contributed by atoms with Crippen LogP contribution in [0.4, 0.5) is 0 Å². The smallest absolute Gasteiger partial charge is 0.693 e. The second-order valence-corrected chi connectivity index (χ2v) is 2.02. The molecule has 0 aromatic carbocycles. The molecule has 0 aliphatic carbocycles. The van der Waals surface area contributed by atoms with E-state index in [1.165, 1.54) is 0 Å². The minimum absolute atomic E-state index is 0. The Hall–Kier alpha value is -0.224.